The number of nitrogens with one attached hydrogen (secondary N) is 1. The summed E-state index contributed by atoms with van der Waals surface area (Å²) >= 11 is 0. The van der Waals surface area contributed by atoms with Gasteiger partial charge in [0.15, 0.2) is 5.69 Å². The molecule has 0 saturated carbocycles. The molecule has 0 saturated heterocycles. The van der Waals surface area contributed by atoms with Crippen LogP contribution in [0.1, 0.15) is 28.4 Å². The van der Waals surface area contributed by atoms with Gasteiger partial charge in [-0.15, -0.1) is 0 Å². The quantitative estimate of drug-likeness (QED) is 0.432. The third-order valence-electron chi connectivity index (χ3n) is 4.97. The predicted octanol–water partition coefficient (Wildman–Crippen LogP) is 4.96. The summed E-state index contributed by atoms with van der Waals surface area (Å²) in [6, 6.07) is 9.48. The summed E-state index contributed by atoms with van der Waals surface area (Å²) in [5.41, 5.74) is 4.99. The number of esters is 1. The molecule has 1 heterocycles. The van der Waals surface area contributed by atoms with Gasteiger partial charge in [0.2, 0.25) is 0 Å². The fourth-order valence-electron chi connectivity index (χ4n) is 3.47. The van der Waals surface area contributed by atoms with Gasteiger partial charge in [0.25, 0.3) is 0 Å². The maximum absolute atomic E-state index is 12.6. The standard InChI is InChI=1S/C24H26N4O3/c1-7-31-24(29)19-14-27-23-18(11-17(25-3)12-20(23)28(4)5)22(19)26-13-16-8-9-21(30-6)15(2)10-16/h8-12,14H,7,13H2,1-2,4-6H3,(H,26,27). The number of carbonyl (C=O) groups excluding carboxylic acids is 1. The van der Waals surface area contributed by atoms with Crippen LogP contribution in [0.5, 0.6) is 5.75 Å². The first-order valence-corrected chi connectivity index (χ1v) is 9.95. The summed E-state index contributed by atoms with van der Waals surface area (Å²) in [7, 11) is 5.44. The number of hydrogen-bond acceptors (Lipinski definition) is 6. The van der Waals surface area contributed by atoms with E-state index >= 15 is 0 Å². The van der Waals surface area contributed by atoms with Crippen molar-refractivity contribution < 1.29 is 14.3 Å². The first kappa shape index (κ1) is 21.9. The molecule has 0 unspecified atom stereocenters. The van der Waals surface area contributed by atoms with E-state index in [2.05, 4.69) is 15.1 Å². The van der Waals surface area contributed by atoms with Crippen LogP contribution >= 0.6 is 0 Å². The van der Waals surface area contributed by atoms with E-state index in [-0.39, 0.29) is 6.61 Å². The average molecular weight is 418 g/mol. The second-order valence-corrected chi connectivity index (χ2v) is 7.29. The van der Waals surface area contributed by atoms with Gasteiger partial charge in [-0.25, -0.2) is 9.64 Å². The Hall–Kier alpha value is -3.79. The lowest BCUT2D eigenvalue weighted by Gasteiger charge is -2.19. The number of carbonyl (C=O) groups is 1. The zero-order valence-corrected chi connectivity index (χ0v) is 18.4. The Kier molecular flexibility index (Phi) is 6.61. The zero-order chi connectivity index (χ0) is 22.5. The number of rotatable bonds is 7. The van der Waals surface area contributed by atoms with Crippen LogP contribution in [0.15, 0.2) is 36.5 Å². The second kappa shape index (κ2) is 9.35. The van der Waals surface area contributed by atoms with Gasteiger partial charge in [-0.3, -0.25) is 4.98 Å². The first-order valence-electron chi connectivity index (χ1n) is 9.95. The average Bonchev–Trinajstić information content (AvgIpc) is 2.76. The van der Waals surface area contributed by atoms with Crippen LogP contribution in [0.25, 0.3) is 15.7 Å². The Balaban J connectivity index is 2.14. The third kappa shape index (κ3) is 4.53. The number of fused-ring (bicyclic) bond motifs is 1. The molecule has 0 aliphatic rings. The maximum Gasteiger partial charge on any atom is 0.341 e. The van der Waals surface area contributed by atoms with E-state index in [0.717, 1.165) is 22.6 Å². The van der Waals surface area contributed by atoms with E-state index in [4.69, 9.17) is 16.0 Å². The molecular weight excluding hydrogens is 392 g/mol. The Morgan fingerprint density at radius 1 is 1.26 bits per heavy atom. The molecule has 7 nitrogen and oxygen atoms in total. The lowest BCUT2D eigenvalue weighted by molar-refractivity contribution is 0.0527. The molecular formula is C24H26N4O3. The van der Waals surface area contributed by atoms with Crippen molar-refractivity contribution in [3.05, 3.63) is 64.6 Å². The van der Waals surface area contributed by atoms with E-state index in [9.17, 15) is 4.79 Å². The lowest BCUT2D eigenvalue weighted by atomic mass is 10.1. The van der Waals surface area contributed by atoms with Crippen LogP contribution < -0.4 is 15.0 Å². The Bertz CT molecular complexity index is 1170. The van der Waals surface area contributed by atoms with E-state index in [0.29, 0.717) is 34.4 Å². The van der Waals surface area contributed by atoms with Gasteiger partial charge in [0.05, 0.1) is 37.2 Å². The summed E-state index contributed by atoms with van der Waals surface area (Å²) in [6.07, 6.45) is 1.53. The molecule has 31 heavy (non-hydrogen) atoms. The molecule has 0 radical (unpaired) electrons. The van der Waals surface area contributed by atoms with E-state index in [1.807, 2.05) is 44.1 Å². The van der Waals surface area contributed by atoms with Crippen LogP contribution in [0.3, 0.4) is 0 Å². The number of aromatic nitrogens is 1. The van der Waals surface area contributed by atoms with Gasteiger partial charge < -0.3 is 19.7 Å². The second-order valence-electron chi connectivity index (χ2n) is 7.29. The highest BCUT2D eigenvalue weighted by molar-refractivity contribution is 6.09. The molecule has 0 spiro atoms. The van der Waals surface area contributed by atoms with Crippen molar-refractivity contribution in [2.75, 3.05) is 38.0 Å². The van der Waals surface area contributed by atoms with Crippen molar-refractivity contribution in [2.24, 2.45) is 0 Å². The van der Waals surface area contributed by atoms with Crippen molar-refractivity contribution in [3.8, 4) is 5.75 Å². The minimum Gasteiger partial charge on any atom is -0.496 e. The molecule has 0 amide bonds. The molecule has 0 bridgehead atoms. The molecule has 160 valence electrons. The van der Waals surface area contributed by atoms with Crippen molar-refractivity contribution in [1.82, 2.24) is 4.98 Å². The smallest absolute Gasteiger partial charge is 0.341 e. The molecule has 7 heteroatoms. The fourth-order valence-corrected chi connectivity index (χ4v) is 3.47. The minimum absolute atomic E-state index is 0.263. The Morgan fingerprint density at radius 3 is 2.65 bits per heavy atom. The molecule has 0 aliphatic heterocycles. The molecule has 0 atom stereocenters. The third-order valence-corrected chi connectivity index (χ3v) is 4.97. The summed E-state index contributed by atoms with van der Waals surface area (Å²) in [5.74, 6) is 0.368. The summed E-state index contributed by atoms with van der Waals surface area (Å²) in [4.78, 5) is 22.7. The van der Waals surface area contributed by atoms with E-state index < -0.39 is 5.97 Å². The largest absolute Gasteiger partial charge is 0.496 e. The van der Waals surface area contributed by atoms with Crippen molar-refractivity contribution in [2.45, 2.75) is 20.4 Å². The predicted molar refractivity (Wildman–Crippen MR) is 123 cm³/mol. The topological polar surface area (TPSA) is 68.1 Å². The van der Waals surface area contributed by atoms with Gasteiger partial charge >= 0.3 is 5.97 Å². The molecule has 3 rings (SSSR count). The number of methoxy groups -OCH3 is 1. The normalized spacial score (nSPS) is 10.5. The van der Waals surface area contributed by atoms with Crippen LogP contribution in [-0.2, 0) is 11.3 Å². The Labute approximate surface area is 182 Å². The summed E-state index contributed by atoms with van der Waals surface area (Å²) in [5, 5.41) is 4.09. The van der Waals surface area contributed by atoms with Gasteiger partial charge in [0.1, 0.15) is 11.3 Å². The number of ether oxygens (including phenoxy) is 2. The zero-order valence-electron chi connectivity index (χ0n) is 18.4. The molecule has 0 fully saturated rings. The molecule has 2 aromatic carbocycles. The minimum atomic E-state index is -0.454. The highest BCUT2D eigenvalue weighted by Crippen LogP contribution is 2.36. The summed E-state index contributed by atoms with van der Waals surface area (Å²) in [6.45, 7) is 12.0. The van der Waals surface area contributed by atoms with Crippen molar-refractivity contribution >= 4 is 33.9 Å². The van der Waals surface area contributed by atoms with Crippen LogP contribution in [-0.4, -0.2) is 38.8 Å². The van der Waals surface area contributed by atoms with Crippen LogP contribution in [0.4, 0.5) is 17.1 Å². The SMILES string of the molecule is [C-]#[N+]c1cc(N(C)C)c2ncc(C(=O)OCC)c(NCc3ccc(OC)c(C)c3)c2c1. The number of pyridine rings is 1. The number of nitrogens with zero attached hydrogens (tertiary/aromatic N) is 3. The highest BCUT2D eigenvalue weighted by Gasteiger charge is 2.19. The van der Waals surface area contributed by atoms with Crippen LogP contribution in [0.2, 0.25) is 0 Å². The van der Waals surface area contributed by atoms with Crippen LogP contribution in [0, 0.1) is 13.5 Å². The molecule has 1 N–H and O–H groups in total. The molecule has 1 aromatic heterocycles. The van der Waals surface area contributed by atoms with Crippen molar-refractivity contribution in [1.29, 1.82) is 0 Å². The summed E-state index contributed by atoms with van der Waals surface area (Å²) < 4.78 is 10.6. The Morgan fingerprint density at radius 2 is 2.03 bits per heavy atom. The fraction of sp³-hybridized carbons (Fsp3) is 0.292. The van der Waals surface area contributed by atoms with E-state index in [1.165, 1.54) is 6.20 Å². The number of aryl methyl sites for hydroxylation is 1. The monoisotopic (exact) mass is 418 g/mol. The van der Waals surface area contributed by atoms with Gasteiger partial charge in [-0.1, -0.05) is 12.1 Å². The maximum atomic E-state index is 12.6. The van der Waals surface area contributed by atoms with E-state index in [1.54, 1.807) is 26.2 Å². The number of anilines is 2. The lowest BCUT2D eigenvalue weighted by Crippen LogP contribution is -2.13. The van der Waals surface area contributed by atoms with Gasteiger partial charge in [-0.05, 0) is 43.2 Å². The van der Waals surface area contributed by atoms with Gasteiger partial charge in [-0.2, -0.15) is 0 Å². The van der Waals surface area contributed by atoms with Gasteiger partial charge in [0, 0.05) is 32.2 Å². The first-order chi connectivity index (χ1) is 14.9. The molecule has 3 aromatic rings. The number of benzene rings is 2. The molecule has 0 aliphatic carbocycles. The van der Waals surface area contributed by atoms with Crippen molar-refractivity contribution in [3.63, 3.8) is 0 Å². The highest BCUT2D eigenvalue weighted by atomic mass is 16.5. The number of hydrogen-bond donors (Lipinski definition) is 1.